The number of thiol groups is 1. The van der Waals surface area contributed by atoms with Gasteiger partial charge < -0.3 is 0 Å². The van der Waals surface area contributed by atoms with E-state index in [4.69, 9.17) is 0 Å². The SMILES string of the molecule is CCCCCC(CS)SC(=O)/C(C)=C/c1ccc(SC)cc1. The van der Waals surface area contributed by atoms with Gasteiger partial charge in [0.05, 0.1) is 0 Å². The summed E-state index contributed by atoms with van der Waals surface area (Å²) in [5.74, 6) is 0.760. The van der Waals surface area contributed by atoms with E-state index in [9.17, 15) is 4.79 Å². The van der Waals surface area contributed by atoms with Crippen LogP contribution in [0.25, 0.3) is 6.08 Å². The summed E-state index contributed by atoms with van der Waals surface area (Å²) in [5.41, 5.74) is 1.89. The number of hydrogen-bond acceptors (Lipinski definition) is 4. The molecule has 4 heteroatoms. The van der Waals surface area contributed by atoms with Crippen molar-refractivity contribution in [1.29, 1.82) is 0 Å². The van der Waals surface area contributed by atoms with Crippen molar-refractivity contribution in [3.05, 3.63) is 35.4 Å². The Hall–Kier alpha value is -0.320. The second-order valence-corrected chi connectivity index (χ2v) is 7.82. The number of thioether (sulfide) groups is 2. The molecule has 0 bridgehead atoms. The summed E-state index contributed by atoms with van der Waals surface area (Å²) in [6.07, 6.45) is 8.73. The Bertz CT molecular complexity index is 480. The van der Waals surface area contributed by atoms with E-state index in [2.05, 4.69) is 50.1 Å². The molecule has 1 nitrogen and oxygen atoms in total. The molecular weight excluding hydrogens is 328 g/mol. The summed E-state index contributed by atoms with van der Waals surface area (Å²) in [5, 5.41) is 0.495. The highest BCUT2D eigenvalue weighted by Gasteiger charge is 2.14. The first-order chi connectivity index (χ1) is 10.6. The van der Waals surface area contributed by atoms with Crippen molar-refractivity contribution in [2.24, 2.45) is 0 Å². The van der Waals surface area contributed by atoms with Crippen molar-refractivity contribution < 1.29 is 4.79 Å². The maximum Gasteiger partial charge on any atom is 0.215 e. The van der Waals surface area contributed by atoms with Crippen molar-refractivity contribution in [3.63, 3.8) is 0 Å². The van der Waals surface area contributed by atoms with Crippen LogP contribution in [0.3, 0.4) is 0 Å². The predicted molar refractivity (Wildman–Crippen MR) is 106 cm³/mol. The lowest BCUT2D eigenvalue weighted by molar-refractivity contribution is -0.107. The van der Waals surface area contributed by atoms with Crippen molar-refractivity contribution in [2.45, 2.75) is 49.7 Å². The highest BCUT2D eigenvalue weighted by Crippen LogP contribution is 2.24. The van der Waals surface area contributed by atoms with Crippen molar-refractivity contribution in [2.75, 3.05) is 12.0 Å². The molecule has 0 radical (unpaired) electrons. The number of unbranched alkanes of at least 4 members (excludes halogenated alkanes) is 2. The van der Waals surface area contributed by atoms with Crippen LogP contribution in [0, 0.1) is 0 Å². The summed E-state index contributed by atoms with van der Waals surface area (Å²) in [4.78, 5) is 13.6. The molecule has 0 aliphatic heterocycles. The first-order valence-electron chi connectivity index (χ1n) is 7.74. The van der Waals surface area contributed by atoms with E-state index in [1.165, 1.54) is 35.9 Å². The van der Waals surface area contributed by atoms with Gasteiger partial charge in [-0.3, -0.25) is 4.79 Å². The van der Waals surface area contributed by atoms with Crippen LogP contribution in [0.15, 0.2) is 34.7 Å². The summed E-state index contributed by atoms with van der Waals surface area (Å²) in [6, 6.07) is 8.29. The molecule has 0 aromatic heterocycles. The lowest BCUT2D eigenvalue weighted by Gasteiger charge is -2.12. The Morgan fingerprint density at radius 3 is 2.50 bits per heavy atom. The average molecular weight is 355 g/mol. The minimum atomic E-state index is 0.171. The van der Waals surface area contributed by atoms with Crippen molar-refractivity contribution >= 4 is 47.3 Å². The second-order valence-electron chi connectivity index (χ2n) is 5.31. The molecule has 0 saturated heterocycles. The van der Waals surface area contributed by atoms with Crippen LogP contribution in [0.1, 0.15) is 45.1 Å². The van der Waals surface area contributed by atoms with Gasteiger partial charge in [-0.2, -0.15) is 12.6 Å². The lowest BCUT2D eigenvalue weighted by Crippen LogP contribution is -2.09. The number of benzene rings is 1. The van der Waals surface area contributed by atoms with Crippen LogP contribution in [0.4, 0.5) is 0 Å². The Morgan fingerprint density at radius 1 is 1.27 bits per heavy atom. The highest BCUT2D eigenvalue weighted by molar-refractivity contribution is 8.15. The third-order valence-corrected chi connectivity index (χ3v) is 6.13. The summed E-state index contributed by atoms with van der Waals surface area (Å²) >= 11 is 7.55. The molecule has 0 aliphatic carbocycles. The van der Waals surface area contributed by atoms with Crippen LogP contribution in [0.2, 0.25) is 0 Å². The zero-order chi connectivity index (χ0) is 16.4. The largest absolute Gasteiger partial charge is 0.282 e. The van der Waals surface area contributed by atoms with E-state index < -0.39 is 0 Å². The molecule has 1 atom stereocenters. The Kier molecular flexibility index (Phi) is 10.1. The fraction of sp³-hybridized carbons (Fsp3) is 0.500. The van der Waals surface area contributed by atoms with E-state index in [0.717, 1.165) is 23.3 Å². The number of carbonyl (C=O) groups is 1. The molecule has 1 unspecified atom stereocenters. The second kappa shape index (κ2) is 11.3. The maximum atomic E-state index is 12.3. The number of carbonyl (C=O) groups excluding carboxylic acids is 1. The number of rotatable bonds is 9. The normalized spacial score (nSPS) is 13.2. The Labute approximate surface area is 149 Å². The third-order valence-electron chi connectivity index (χ3n) is 3.43. The summed E-state index contributed by atoms with van der Waals surface area (Å²) in [7, 11) is 0. The highest BCUT2D eigenvalue weighted by atomic mass is 32.2. The quantitative estimate of drug-likeness (QED) is 0.255. The van der Waals surface area contributed by atoms with Gasteiger partial charge in [-0.1, -0.05) is 50.1 Å². The summed E-state index contributed by atoms with van der Waals surface area (Å²) < 4.78 is 0. The van der Waals surface area contributed by atoms with Gasteiger partial charge in [0.2, 0.25) is 5.12 Å². The molecule has 0 heterocycles. The zero-order valence-corrected chi connectivity index (χ0v) is 16.2. The topological polar surface area (TPSA) is 17.1 Å². The smallest absolute Gasteiger partial charge is 0.215 e. The van der Waals surface area contributed by atoms with E-state index in [1.807, 2.05) is 13.0 Å². The van der Waals surface area contributed by atoms with E-state index in [1.54, 1.807) is 11.8 Å². The van der Waals surface area contributed by atoms with Crippen LogP contribution in [-0.2, 0) is 4.79 Å². The minimum Gasteiger partial charge on any atom is -0.282 e. The van der Waals surface area contributed by atoms with Gasteiger partial charge in [-0.05, 0) is 43.4 Å². The van der Waals surface area contributed by atoms with Gasteiger partial charge in [0.1, 0.15) is 0 Å². The van der Waals surface area contributed by atoms with Crippen LogP contribution < -0.4 is 0 Å². The maximum absolute atomic E-state index is 12.3. The van der Waals surface area contributed by atoms with Gasteiger partial charge in [0, 0.05) is 21.5 Å². The monoisotopic (exact) mass is 354 g/mol. The van der Waals surface area contributed by atoms with Crippen molar-refractivity contribution in [1.82, 2.24) is 0 Å². The zero-order valence-electron chi connectivity index (χ0n) is 13.7. The predicted octanol–water partition coefficient (Wildman–Crippen LogP) is 5.95. The Balaban J connectivity index is 2.59. The van der Waals surface area contributed by atoms with Crippen LogP contribution >= 0.6 is 36.2 Å². The molecule has 1 rings (SSSR count). The average Bonchev–Trinajstić information content (AvgIpc) is 2.54. The molecule has 1 aromatic rings. The number of hydrogen-bond donors (Lipinski definition) is 1. The molecule has 0 saturated carbocycles. The fourth-order valence-corrected chi connectivity index (χ4v) is 3.78. The molecule has 0 amide bonds. The molecule has 1 aromatic carbocycles. The first kappa shape index (κ1) is 19.7. The van der Waals surface area contributed by atoms with Gasteiger partial charge in [0.25, 0.3) is 0 Å². The standard InChI is InChI=1S/C18H26OS3/c1-4-5-6-7-17(13-20)22-18(19)14(2)12-15-8-10-16(21-3)11-9-15/h8-12,17,20H,4-7,13H2,1-3H3/b14-12+. The van der Waals surface area contributed by atoms with Gasteiger partial charge in [0.15, 0.2) is 0 Å². The molecule has 0 N–H and O–H groups in total. The first-order valence-corrected chi connectivity index (χ1v) is 10.5. The van der Waals surface area contributed by atoms with Gasteiger partial charge >= 0.3 is 0 Å². The van der Waals surface area contributed by atoms with Gasteiger partial charge in [-0.25, -0.2) is 0 Å². The molecule has 0 spiro atoms. The molecule has 0 aliphatic rings. The summed E-state index contributed by atoms with van der Waals surface area (Å²) in [6.45, 7) is 4.10. The third kappa shape index (κ3) is 7.30. The van der Waals surface area contributed by atoms with Crippen LogP contribution in [0.5, 0.6) is 0 Å². The minimum absolute atomic E-state index is 0.171. The van der Waals surface area contributed by atoms with E-state index in [-0.39, 0.29) is 5.12 Å². The van der Waals surface area contributed by atoms with E-state index in [0.29, 0.717) is 5.25 Å². The molecule has 22 heavy (non-hydrogen) atoms. The molecular formula is C18H26OS3. The van der Waals surface area contributed by atoms with E-state index >= 15 is 0 Å². The van der Waals surface area contributed by atoms with Crippen molar-refractivity contribution in [3.8, 4) is 0 Å². The lowest BCUT2D eigenvalue weighted by atomic mass is 10.1. The Morgan fingerprint density at radius 2 is 1.95 bits per heavy atom. The molecule has 0 fully saturated rings. The van der Waals surface area contributed by atoms with Crippen LogP contribution in [-0.4, -0.2) is 22.4 Å². The molecule has 122 valence electrons. The fourth-order valence-electron chi connectivity index (χ4n) is 2.06. The van der Waals surface area contributed by atoms with Gasteiger partial charge in [-0.15, -0.1) is 11.8 Å².